The number of nitrogens with one attached hydrogen (secondary N) is 2. The third-order valence-electron chi connectivity index (χ3n) is 2.29. The van der Waals surface area contributed by atoms with Gasteiger partial charge in [0.05, 0.1) is 6.04 Å². The predicted octanol–water partition coefficient (Wildman–Crippen LogP) is 1.22. The van der Waals surface area contributed by atoms with Crippen LogP contribution in [0.4, 0.5) is 5.13 Å². The second-order valence-corrected chi connectivity index (χ2v) is 4.22. The van der Waals surface area contributed by atoms with Gasteiger partial charge in [0.1, 0.15) is 0 Å². The molecular formula is C9H13N3OS. The van der Waals surface area contributed by atoms with Crippen LogP contribution in [0.2, 0.25) is 0 Å². The van der Waals surface area contributed by atoms with Crippen molar-refractivity contribution in [2.45, 2.75) is 25.3 Å². The van der Waals surface area contributed by atoms with E-state index in [1.807, 2.05) is 5.38 Å². The Morgan fingerprint density at radius 3 is 3.21 bits per heavy atom. The van der Waals surface area contributed by atoms with Gasteiger partial charge in [0.2, 0.25) is 5.91 Å². The Morgan fingerprint density at radius 2 is 2.57 bits per heavy atom. The largest absolute Gasteiger partial charge is 0.306 e. The maximum absolute atomic E-state index is 11.7. The van der Waals surface area contributed by atoms with E-state index in [9.17, 15) is 4.79 Å². The third-order valence-corrected chi connectivity index (χ3v) is 2.98. The van der Waals surface area contributed by atoms with Crippen molar-refractivity contribution in [1.82, 2.24) is 10.3 Å². The smallest absolute Gasteiger partial charge is 0.243 e. The lowest BCUT2D eigenvalue weighted by Crippen LogP contribution is -2.43. The summed E-state index contributed by atoms with van der Waals surface area (Å²) in [6.45, 7) is 0.940. The minimum atomic E-state index is -0.0346. The van der Waals surface area contributed by atoms with Crippen LogP contribution in [0.15, 0.2) is 11.6 Å². The Balaban J connectivity index is 1.88. The molecule has 2 rings (SSSR count). The number of carbonyl (C=O) groups excluding carboxylic acids is 1. The van der Waals surface area contributed by atoms with Crippen molar-refractivity contribution in [3.63, 3.8) is 0 Å². The SMILES string of the molecule is O=C(Nc1nccs1)[C@@H]1CCCCN1. The molecule has 1 aromatic heterocycles. The first-order valence-corrected chi connectivity index (χ1v) is 5.68. The molecule has 1 aliphatic rings. The van der Waals surface area contributed by atoms with E-state index in [1.165, 1.54) is 17.8 Å². The molecule has 0 radical (unpaired) electrons. The summed E-state index contributed by atoms with van der Waals surface area (Å²) in [6.07, 6.45) is 4.91. The number of aromatic nitrogens is 1. The number of thiazole rings is 1. The van der Waals surface area contributed by atoms with Gasteiger partial charge in [-0.2, -0.15) is 0 Å². The molecule has 4 nitrogen and oxygen atoms in total. The molecule has 1 atom stereocenters. The zero-order chi connectivity index (χ0) is 9.80. The molecule has 1 fully saturated rings. The summed E-state index contributed by atoms with van der Waals surface area (Å²) in [6, 6.07) is -0.0346. The lowest BCUT2D eigenvalue weighted by atomic mass is 10.0. The summed E-state index contributed by atoms with van der Waals surface area (Å²) in [5.41, 5.74) is 0. The van der Waals surface area contributed by atoms with E-state index >= 15 is 0 Å². The average molecular weight is 211 g/mol. The Morgan fingerprint density at radius 1 is 1.64 bits per heavy atom. The van der Waals surface area contributed by atoms with Crippen LogP contribution >= 0.6 is 11.3 Å². The molecule has 2 N–H and O–H groups in total. The van der Waals surface area contributed by atoms with Gasteiger partial charge in [-0.3, -0.25) is 4.79 Å². The lowest BCUT2D eigenvalue weighted by Gasteiger charge is -2.21. The maximum atomic E-state index is 11.7. The molecule has 0 unspecified atom stereocenters. The van der Waals surface area contributed by atoms with Crippen LogP contribution in [-0.2, 0) is 4.79 Å². The van der Waals surface area contributed by atoms with Crippen molar-refractivity contribution >= 4 is 22.4 Å². The average Bonchev–Trinajstić information content (AvgIpc) is 2.72. The zero-order valence-electron chi connectivity index (χ0n) is 7.82. The number of hydrogen-bond acceptors (Lipinski definition) is 4. The van der Waals surface area contributed by atoms with E-state index in [0.29, 0.717) is 5.13 Å². The molecule has 0 aliphatic carbocycles. The van der Waals surface area contributed by atoms with E-state index in [1.54, 1.807) is 6.20 Å². The van der Waals surface area contributed by atoms with Crippen molar-refractivity contribution in [3.8, 4) is 0 Å². The monoisotopic (exact) mass is 211 g/mol. The second kappa shape index (κ2) is 4.52. The molecular weight excluding hydrogens is 198 g/mol. The number of piperidine rings is 1. The molecule has 0 saturated carbocycles. The Bertz CT molecular complexity index is 293. The zero-order valence-corrected chi connectivity index (χ0v) is 8.64. The first-order chi connectivity index (χ1) is 6.86. The van der Waals surface area contributed by atoms with Crippen molar-refractivity contribution in [3.05, 3.63) is 11.6 Å². The van der Waals surface area contributed by atoms with Crippen LogP contribution in [0.5, 0.6) is 0 Å². The van der Waals surface area contributed by atoms with Gasteiger partial charge >= 0.3 is 0 Å². The number of rotatable bonds is 2. The van der Waals surface area contributed by atoms with Crippen LogP contribution < -0.4 is 10.6 Å². The highest BCUT2D eigenvalue weighted by Gasteiger charge is 2.20. The van der Waals surface area contributed by atoms with Crippen molar-refractivity contribution in [2.24, 2.45) is 0 Å². The van der Waals surface area contributed by atoms with Crippen LogP contribution in [0.1, 0.15) is 19.3 Å². The normalized spacial score (nSPS) is 21.9. The van der Waals surface area contributed by atoms with E-state index in [2.05, 4.69) is 15.6 Å². The number of anilines is 1. The van der Waals surface area contributed by atoms with Gasteiger partial charge in [-0.1, -0.05) is 6.42 Å². The van der Waals surface area contributed by atoms with Crippen LogP contribution in [-0.4, -0.2) is 23.5 Å². The van der Waals surface area contributed by atoms with Gasteiger partial charge in [-0.25, -0.2) is 4.98 Å². The van der Waals surface area contributed by atoms with Crippen molar-refractivity contribution < 1.29 is 4.79 Å². The van der Waals surface area contributed by atoms with E-state index in [4.69, 9.17) is 0 Å². The van der Waals surface area contributed by atoms with Crippen molar-refractivity contribution in [1.29, 1.82) is 0 Å². The predicted molar refractivity (Wildman–Crippen MR) is 56.4 cm³/mol. The quantitative estimate of drug-likeness (QED) is 0.773. The van der Waals surface area contributed by atoms with Gasteiger partial charge < -0.3 is 10.6 Å². The summed E-state index contributed by atoms with van der Waals surface area (Å²) >= 11 is 1.44. The lowest BCUT2D eigenvalue weighted by molar-refractivity contribution is -0.118. The standard InChI is InChI=1S/C9H13N3OS/c13-8(7-3-1-2-4-10-7)12-9-11-5-6-14-9/h5-7,10H,1-4H2,(H,11,12,13)/t7-/m0/s1. The maximum Gasteiger partial charge on any atom is 0.243 e. The first kappa shape index (κ1) is 9.61. The fourth-order valence-electron chi connectivity index (χ4n) is 1.55. The van der Waals surface area contributed by atoms with Gasteiger partial charge in [0.15, 0.2) is 5.13 Å². The Labute approximate surface area is 86.7 Å². The summed E-state index contributed by atoms with van der Waals surface area (Å²) in [7, 11) is 0. The fourth-order valence-corrected chi connectivity index (χ4v) is 2.09. The van der Waals surface area contributed by atoms with Crippen molar-refractivity contribution in [2.75, 3.05) is 11.9 Å². The van der Waals surface area contributed by atoms with Gasteiger partial charge in [-0.15, -0.1) is 11.3 Å². The molecule has 2 heterocycles. The third kappa shape index (κ3) is 2.30. The molecule has 5 heteroatoms. The molecule has 14 heavy (non-hydrogen) atoms. The van der Waals surface area contributed by atoms with Gasteiger partial charge in [0.25, 0.3) is 0 Å². The summed E-state index contributed by atoms with van der Waals surface area (Å²) in [5.74, 6) is 0.0413. The number of hydrogen-bond donors (Lipinski definition) is 2. The first-order valence-electron chi connectivity index (χ1n) is 4.80. The van der Waals surface area contributed by atoms with Crippen LogP contribution in [0.3, 0.4) is 0 Å². The highest BCUT2D eigenvalue weighted by Crippen LogP contribution is 2.13. The second-order valence-electron chi connectivity index (χ2n) is 3.33. The summed E-state index contributed by atoms with van der Waals surface area (Å²) < 4.78 is 0. The molecule has 1 saturated heterocycles. The van der Waals surface area contributed by atoms with Gasteiger partial charge in [-0.05, 0) is 19.4 Å². The Kier molecular flexibility index (Phi) is 3.10. The summed E-state index contributed by atoms with van der Waals surface area (Å²) in [4.78, 5) is 15.7. The molecule has 0 spiro atoms. The van der Waals surface area contributed by atoms with Crippen LogP contribution in [0, 0.1) is 0 Å². The topological polar surface area (TPSA) is 54.0 Å². The molecule has 0 bridgehead atoms. The van der Waals surface area contributed by atoms with E-state index in [-0.39, 0.29) is 11.9 Å². The Hall–Kier alpha value is -0.940. The molecule has 76 valence electrons. The molecule has 1 aromatic rings. The van der Waals surface area contributed by atoms with Gasteiger partial charge in [0, 0.05) is 11.6 Å². The highest BCUT2D eigenvalue weighted by molar-refractivity contribution is 7.13. The number of amides is 1. The molecule has 0 aromatic carbocycles. The van der Waals surface area contributed by atoms with Crippen LogP contribution in [0.25, 0.3) is 0 Å². The van der Waals surface area contributed by atoms with E-state index < -0.39 is 0 Å². The molecule has 1 amide bonds. The number of carbonyl (C=O) groups is 1. The fraction of sp³-hybridized carbons (Fsp3) is 0.556. The number of nitrogens with zero attached hydrogens (tertiary/aromatic N) is 1. The van der Waals surface area contributed by atoms with E-state index in [0.717, 1.165) is 19.4 Å². The summed E-state index contributed by atoms with van der Waals surface area (Å²) in [5, 5.41) is 8.53. The molecule has 1 aliphatic heterocycles. The highest BCUT2D eigenvalue weighted by atomic mass is 32.1. The minimum Gasteiger partial charge on any atom is -0.306 e. The minimum absolute atomic E-state index is 0.0346.